The molecule has 0 aliphatic heterocycles. The lowest BCUT2D eigenvalue weighted by molar-refractivity contribution is -0.159. The van der Waals surface area contributed by atoms with Gasteiger partial charge in [0.05, 0.1) is 31.8 Å². The van der Waals surface area contributed by atoms with Gasteiger partial charge in [0.2, 0.25) is 0 Å². The summed E-state index contributed by atoms with van der Waals surface area (Å²) in [6.45, 7) is 3.19. The van der Waals surface area contributed by atoms with Gasteiger partial charge in [0, 0.05) is 25.7 Å². The van der Waals surface area contributed by atoms with Gasteiger partial charge in [-0.2, -0.15) is 0 Å². The summed E-state index contributed by atoms with van der Waals surface area (Å²) < 4.78 is 20.6. The van der Waals surface area contributed by atoms with Crippen LogP contribution in [0.1, 0.15) is 117 Å². The number of unbranched alkanes of at least 4 members (excludes halogenated alkanes) is 8. The van der Waals surface area contributed by atoms with E-state index < -0.39 is 30.6 Å². The van der Waals surface area contributed by atoms with E-state index in [1.54, 1.807) is 0 Å². The fourth-order valence-corrected chi connectivity index (χ4v) is 3.57. The van der Waals surface area contributed by atoms with E-state index in [4.69, 9.17) is 18.9 Å². The summed E-state index contributed by atoms with van der Waals surface area (Å²) in [7, 11) is 0. The third-order valence-electron chi connectivity index (χ3n) is 6.29. The van der Waals surface area contributed by atoms with Crippen molar-refractivity contribution in [1.82, 2.24) is 0 Å². The van der Waals surface area contributed by atoms with Crippen LogP contribution in [0.25, 0.3) is 0 Å². The Morgan fingerprint density at radius 3 is 1.15 bits per heavy atom. The smallest absolute Gasteiger partial charge is 0.305 e. The molecule has 0 fully saturated rings. The van der Waals surface area contributed by atoms with Crippen molar-refractivity contribution in [3.05, 3.63) is 0 Å². The van der Waals surface area contributed by atoms with Crippen LogP contribution in [0.5, 0.6) is 0 Å². The van der Waals surface area contributed by atoms with E-state index in [-0.39, 0.29) is 63.7 Å². The lowest BCUT2D eigenvalue weighted by atomic mass is 9.92. The first-order valence-electron chi connectivity index (χ1n) is 14.7. The Morgan fingerprint density at radius 2 is 0.821 bits per heavy atom. The molecule has 0 aromatic heterocycles. The highest BCUT2D eigenvalue weighted by molar-refractivity contribution is 5.73. The second kappa shape index (κ2) is 24.8. The van der Waals surface area contributed by atoms with Gasteiger partial charge < -0.3 is 29.2 Å². The topological polar surface area (TPSA) is 146 Å². The SMILES string of the molecule is CCCCCCCOC(=O)CCCC(=O)OCC(CO)(CO)COC(=O)CCCC(=O)OCCCCCCC. The Labute approximate surface area is 234 Å². The molecule has 0 aromatic carbocycles. The van der Waals surface area contributed by atoms with Gasteiger partial charge in [-0.1, -0.05) is 65.2 Å². The van der Waals surface area contributed by atoms with Crippen LogP contribution in [0.15, 0.2) is 0 Å². The molecule has 39 heavy (non-hydrogen) atoms. The van der Waals surface area contributed by atoms with Gasteiger partial charge in [0.1, 0.15) is 13.2 Å². The van der Waals surface area contributed by atoms with E-state index in [2.05, 4.69) is 13.8 Å². The number of hydrogen-bond donors (Lipinski definition) is 2. The molecule has 0 spiro atoms. The molecule has 0 saturated carbocycles. The molecule has 0 bridgehead atoms. The molecule has 0 heterocycles. The van der Waals surface area contributed by atoms with E-state index in [1.165, 1.54) is 12.8 Å². The van der Waals surface area contributed by atoms with Gasteiger partial charge in [-0.3, -0.25) is 19.2 Å². The van der Waals surface area contributed by atoms with Crippen molar-refractivity contribution < 1.29 is 48.3 Å². The van der Waals surface area contributed by atoms with Gasteiger partial charge in [-0.15, -0.1) is 0 Å². The highest BCUT2D eigenvalue weighted by Gasteiger charge is 2.33. The number of esters is 4. The van der Waals surface area contributed by atoms with Crippen molar-refractivity contribution in [3.63, 3.8) is 0 Å². The van der Waals surface area contributed by atoms with Crippen molar-refractivity contribution in [1.29, 1.82) is 0 Å². The fraction of sp³-hybridized carbons (Fsp3) is 0.862. The normalized spacial score (nSPS) is 11.2. The molecule has 0 rings (SSSR count). The minimum Gasteiger partial charge on any atom is -0.466 e. The Kier molecular flexibility index (Phi) is 23.4. The third kappa shape index (κ3) is 21.3. The second-order valence-corrected chi connectivity index (χ2v) is 10.1. The van der Waals surface area contributed by atoms with Gasteiger partial charge in [0.15, 0.2) is 0 Å². The standard InChI is InChI=1S/C29H52O10/c1-3-5-7-9-11-19-36-25(32)15-13-17-27(34)38-23-29(21-30,22-31)24-39-28(35)18-14-16-26(33)37-20-12-10-8-6-4-2/h30-31H,3-24H2,1-2H3. The van der Waals surface area contributed by atoms with Crippen LogP contribution in [0.4, 0.5) is 0 Å². The molecule has 10 nitrogen and oxygen atoms in total. The van der Waals surface area contributed by atoms with Crippen LogP contribution in [0.3, 0.4) is 0 Å². The minimum absolute atomic E-state index is 0.0207. The lowest BCUT2D eigenvalue weighted by Crippen LogP contribution is -2.41. The van der Waals surface area contributed by atoms with E-state index in [1.807, 2.05) is 0 Å². The maximum absolute atomic E-state index is 12.1. The largest absolute Gasteiger partial charge is 0.466 e. The highest BCUT2D eigenvalue weighted by Crippen LogP contribution is 2.18. The average molecular weight is 561 g/mol. The Bertz CT molecular complexity index is 608. The van der Waals surface area contributed by atoms with E-state index >= 15 is 0 Å². The zero-order chi connectivity index (χ0) is 29.2. The zero-order valence-electron chi connectivity index (χ0n) is 24.2. The Balaban J connectivity index is 4.09. The van der Waals surface area contributed by atoms with Crippen molar-refractivity contribution >= 4 is 23.9 Å². The molecular weight excluding hydrogens is 508 g/mol. The third-order valence-corrected chi connectivity index (χ3v) is 6.29. The zero-order valence-corrected chi connectivity index (χ0v) is 24.2. The molecule has 0 atom stereocenters. The van der Waals surface area contributed by atoms with Crippen molar-refractivity contribution in [2.24, 2.45) is 5.41 Å². The van der Waals surface area contributed by atoms with Crippen LogP contribution in [0.2, 0.25) is 0 Å². The molecule has 10 heteroatoms. The molecule has 0 aliphatic carbocycles. The average Bonchev–Trinajstić information content (AvgIpc) is 2.93. The number of aliphatic hydroxyl groups excluding tert-OH is 2. The Morgan fingerprint density at radius 1 is 0.487 bits per heavy atom. The van der Waals surface area contributed by atoms with Gasteiger partial charge in [-0.25, -0.2) is 0 Å². The van der Waals surface area contributed by atoms with Crippen LogP contribution >= 0.6 is 0 Å². The number of carbonyl (C=O) groups excluding carboxylic acids is 4. The minimum atomic E-state index is -1.35. The van der Waals surface area contributed by atoms with Gasteiger partial charge in [0.25, 0.3) is 0 Å². The first-order chi connectivity index (χ1) is 18.8. The number of aliphatic hydroxyl groups is 2. The summed E-state index contributed by atoms with van der Waals surface area (Å²) in [5, 5.41) is 19.5. The molecule has 0 unspecified atom stereocenters. The molecule has 2 N–H and O–H groups in total. The molecule has 228 valence electrons. The number of carbonyl (C=O) groups is 4. The summed E-state index contributed by atoms with van der Waals surface area (Å²) >= 11 is 0. The quantitative estimate of drug-likeness (QED) is 0.0886. The molecular formula is C29H52O10. The summed E-state index contributed by atoms with van der Waals surface area (Å²) in [5.74, 6) is -1.91. The van der Waals surface area contributed by atoms with Crippen LogP contribution < -0.4 is 0 Å². The van der Waals surface area contributed by atoms with E-state index in [0.29, 0.717) is 13.2 Å². The van der Waals surface area contributed by atoms with Gasteiger partial charge in [-0.05, 0) is 25.7 Å². The lowest BCUT2D eigenvalue weighted by Gasteiger charge is -2.28. The van der Waals surface area contributed by atoms with Crippen molar-refractivity contribution in [2.45, 2.75) is 117 Å². The van der Waals surface area contributed by atoms with Crippen LogP contribution in [0, 0.1) is 5.41 Å². The molecule has 0 aromatic rings. The van der Waals surface area contributed by atoms with Crippen molar-refractivity contribution in [2.75, 3.05) is 39.6 Å². The number of hydrogen-bond acceptors (Lipinski definition) is 10. The summed E-state index contributed by atoms with van der Waals surface area (Å²) in [6, 6.07) is 0. The molecule has 0 aliphatic rings. The first kappa shape index (κ1) is 36.8. The molecule has 0 amide bonds. The summed E-state index contributed by atoms with van der Waals surface area (Å²) in [5.41, 5.74) is -1.35. The van der Waals surface area contributed by atoms with E-state index in [9.17, 15) is 29.4 Å². The van der Waals surface area contributed by atoms with Crippen LogP contribution in [-0.4, -0.2) is 73.7 Å². The predicted octanol–water partition coefficient (Wildman–Crippen LogP) is 4.41. The Hall–Kier alpha value is -2.20. The highest BCUT2D eigenvalue weighted by atomic mass is 16.6. The monoisotopic (exact) mass is 560 g/mol. The van der Waals surface area contributed by atoms with Gasteiger partial charge >= 0.3 is 23.9 Å². The fourth-order valence-electron chi connectivity index (χ4n) is 3.57. The number of ether oxygens (including phenoxy) is 4. The second-order valence-electron chi connectivity index (χ2n) is 10.1. The molecule has 0 saturated heterocycles. The summed E-state index contributed by atoms with van der Waals surface area (Å²) in [6.07, 6.45) is 11.3. The maximum Gasteiger partial charge on any atom is 0.305 e. The van der Waals surface area contributed by atoms with Crippen LogP contribution in [-0.2, 0) is 38.1 Å². The summed E-state index contributed by atoms with van der Waals surface area (Å²) in [4.78, 5) is 47.6. The first-order valence-corrected chi connectivity index (χ1v) is 14.7. The molecule has 0 radical (unpaired) electrons. The van der Waals surface area contributed by atoms with Crippen molar-refractivity contribution in [3.8, 4) is 0 Å². The maximum atomic E-state index is 12.1. The van der Waals surface area contributed by atoms with E-state index in [0.717, 1.165) is 51.4 Å². The number of rotatable bonds is 26. The predicted molar refractivity (Wildman–Crippen MR) is 146 cm³/mol.